The van der Waals surface area contributed by atoms with Crippen LogP contribution in [0.3, 0.4) is 0 Å². The van der Waals surface area contributed by atoms with E-state index in [0.29, 0.717) is 0 Å². The third-order valence-corrected chi connectivity index (χ3v) is 2.73. The monoisotopic (exact) mass is 233 g/mol. The number of hydrogen-bond donors (Lipinski definition) is 1. The van der Waals surface area contributed by atoms with Crippen LogP contribution >= 0.6 is 0 Å². The molecule has 0 saturated carbocycles. The Bertz CT molecular complexity index is 322. The van der Waals surface area contributed by atoms with E-state index in [1.165, 1.54) is 24.8 Å². The van der Waals surface area contributed by atoms with E-state index >= 15 is 0 Å². The lowest BCUT2D eigenvalue weighted by Gasteiger charge is -2.06. The first-order valence-corrected chi connectivity index (χ1v) is 6.31. The van der Waals surface area contributed by atoms with Gasteiger partial charge < -0.3 is 10.1 Å². The maximum Gasteiger partial charge on any atom is 0.119 e. The van der Waals surface area contributed by atoms with Crippen molar-refractivity contribution in [3.63, 3.8) is 0 Å². The van der Waals surface area contributed by atoms with Crippen molar-refractivity contribution >= 4 is 0 Å². The van der Waals surface area contributed by atoms with Crippen LogP contribution in [0.25, 0.3) is 0 Å². The molecule has 1 aromatic rings. The molecule has 0 atom stereocenters. The van der Waals surface area contributed by atoms with E-state index in [0.717, 1.165) is 25.3 Å². The van der Waals surface area contributed by atoms with Crippen molar-refractivity contribution in [2.75, 3.05) is 13.7 Å². The zero-order valence-corrected chi connectivity index (χ0v) is 10.7. The first kappa shape index (κ1) is 13.8. The number of ether oxygens (including phenoxy) is 1. The predicted molar refractivity (Wildman–Crippen MR) is 73.4 cm³/mol. The van der Waals surface area contributed by atoms with Gasteiger partial charge in [-0.3, -0.25) is 0 Å². The van der Waals surface area contributed by atoms with Gasteiger partial charge in [0.15, 0.2) is 0 Å². The largest absolute Gasteiger partial charge is 0.497 e. The van der Waals surface area contributed by atoms with Gasteiger partial charge in [0.25, 0.3) is 0 Å². The van der Waals surface area contributed by atoms with E-state index in [9.17, 15) is 0 Å². The molecule has 0 unspecified atom stereocenters. The number of nitrogens with one attached hydrogen (secondary N) is 1. The summed E-state index contributed by atoms with van der Waals surface area (Å²) in [6, 6.07) is 8.19. The summed E-state index contributed by atoms with van der Waals surface area (Å²) in [4.78, 5) is 0. The van der Waals surface area contributed by atoms with Crippen LogP contribution in [-0.4, -0.2) is 13.7 Å². The normalized spacial score (nSPS) is 10.2. The molecular formula is C15H23NO. The molecule has 1 aromatic carbocycles. The minimum Gasteiger partial charge on any atom is -0.497 e. The Hall–Kier alpha value is -1.28. The molecule has 0 radical (unpaired) electrons. The third-order valence-electron chi connectivity index (χ3n) is 2.73. The second-order valence-corrected chi connectivity index (χ2v) is 4.17. The minimum absolute atomic E-state index is 0.915. The van der Waals surface area contributed by atoms with Crippen molar-refractivity contribution in [3.8, 4) is 5.75 Å². The van der Waals surface area contributed by atoms with E-state index in [1.54, 1.807) is 7.11 Å². The fourth-order valence-corrected chi connectivity index (χ4v) is 1.73. The topological polar surface area (TPSA) is 21.3 Å². The molecule has 17 heavy (non-hydrogen) atoms. The maximum absolute atomic E-state index is 5.19. The number of hydrogen-bond acceptors (Lipinski definition) is 2. The lowest BCUT2D eigenvalue weighted by atomic mass is 10.2. The SMILES string of the molecule is C=CCCCCCNCc1cccc(OC)c1. The smallest absolute Gasteiger partial charge is 0.119 e. The van der Waals surface area contributed by atoms with Gasteiger partial charge in [0.2, 0.25) is 0 Å². The average Bonchev–Trinajstić information content (AvgIpc) is 2.38. The Labute approximate surface area is 105 Å². The second-order valence-electron chi connectivity index (χ2n) is 4.17. The van der Waals surface area contributed by atoms with Crippen molar-refractivity contribution < 1.29 is 4.74 Å². The number of methoxy groups -OCH3 is 1. The summed E-state index contributed by atoms with van der Waals surface area (Å²) in [6.45, 7) is 5.72. The molecule has 0 aromatic heterocycles. The van der Waals surface area contributed by atoms with Crippen molar-refractivity contribution in [2.24, 2.45) is 0 Å². The van der Waals surface area contributed by atoms with Gasteiger partial charge in [-0.15, -0.1) is 6.58 Å². The van der Waals surface area contributed by atoms with Crippen molar-refractivity contribution in [1.29, 1.82) is 0 Å². The van der Waals surface area contributed by atoms with Gasteiger partial charge in [-0.05, 0) is 43.5 Å². The zero-order chi connectivity index (χ0) is 12.3. The Morgan fingerprint density at radius 1 is 1.29 bits per heavy atom. The number of allylic oxidation sites excluding steroid dienone is 1. The van der Waals surface area contributed by atoms with E-state index < -0.39 is 0 Å². The van der Waals surface area contributed by atoms with Crippen LogP contribution in [0.1, 0.15) is 31.2 Å². The minimum atomic E-state index is 0.915. The van der Waals surface area contributed by atoms with Crippen molar-refractivity contribution in [1.82, 2.24) is 5.32 Å². The second kappa shape index (κ2) is 8.82. The molecule has 2 heteroatoms. The zero-order valence-electron chi connectivity index (χ0n) is 10.7. The van der Waals surface area contributed by atoms with E-state index in [-0.39, 0.29) is 0 Å². The maximum atomic E-state index is 5.19. The molecule has 0 aliphatic rings. The highest BCUT2D eigenvalue weighted by atomic mass is 16.5. The summed E-state index contributed by atoms with van der Waals surface area (Å²) < 4.78 is 5.19. The van der Waals surface area contributed by atoms with Crippen LogP contribution in [0.2, 0.25) is 0 Å². The van der Waals surface area contributed by atoms with Crippen LogP contribution in [-0.2, 0) is 6.54 Å². The summed E-state index contributed by atoms with van der Waals surface area (Å²) >= 11 is 0. The van der Waals surface area contributed by atoms with Gasteiger partial charge >= 0.3 is 0 Å². The van der Waals surface area contributed by atoms with Crippen LogP contribution in [0.4, 0.5) is 0 Å². The van der Waals surface area contributed by atoms with Crippen molar-refractivity contribution in [2.45, 2.75) is 32.2 Å². The highest BCUT2D eigenvalue weighted by molar-refractivity contribution is 5.28. The van der Waals surface area contributed by atoms with Crippen LogP contribution < -0.4 is 10.1 Å². The van der Waals surface area contributed by atoms with E-state index in [4.69, 9.17) is 4.74 Å². The van der Waals surface area contributed by atoms with Gasteiger partial charge in [0.05, 0.1) is 7.11 Å². The first-order valence-electron chi connectivity index (χ1n) is 6.31. The lowest BCUT2D eigenvalue weighted by Crippen LogP contribution is -2.14. The van der Waals surface area contributed by atoms with Gasteiger partial charge in [-0.2, -0.15) is 0 Å². The predicted octanol–water partition coefficient (Wildman–Crippen LogP) is 3.53. The molecule has 0 spiro atoms. The Kier molecular flexibility index (Phi) is 7.15. The number of rotatable bonds is 9. The van der Waals surface area contributed by atoms with Gasteiger partial charge in [-0.25, -0.2) is 0 Å². The molecule has 94 valence electrons. The quantitative estimate of drug-likeness (QED) is 0.520. The molecule has 0 bridgehead atoms. The van der Waals surface area contributed by atoms with Crippen LogP contribution in [0.5, 0.6) is 5.75 Å². The standard InChI is InChI=1S/C15H23NO/c1-3-4-5-6-7-11-16-13-14-9-8-10-15(12-14)17-2/h3,8-10,12,16H,1,4-7,11,13H2,2H3. The molecule has 0 aliphatic carbocycles. The van der Waals surface area contributed by atoms with E-state index in [2.05, 4.69) is 24.0 Å². The molecule has 2 nitrogen and oxygen atoms in total. The van der Waals surface area contributed by atoms with E-state index in [1.807, 2.05) is 18.2 Å². The molecule has 1 N–H and O–H groups in total. The highest BCUT2D eigenvalue weighted by Crippen LogP contribution is 2.12. The summed E-state index contributed by atoms with van der Waals surface area (Å²) in [6.07, 6.45) is 6.89. The van der Waals surface area contributed by atoms with Crippen LogP contribution in [0.15, 0.2) is 36.9 Å². The van der Waals surface area contributed by atoms with Gasteiger partial charge in [0, 0.05) is 6.54 Å². The molecule has 0 fully saturated rings. The summed E-state index contributed by atoms with van der Waals surface area (Å²) in [5.74, 6) is 0.926. The molecule has 0 amide bonds. The van der Waals surface area contributed by atoms with Gasteiger partial charge in [-0.1, -0.05) is 24.6 Å². The fraction of sp³-hybridized carbons (Fsp3) is 0.467. The molecule has 0 heterocycles. The van der Waals surface area contributed by atoms with Crippen molar-refractivity contribution in [3.05, 3.63) is 42.5 Å². The lowest BCUT2D eigenvalue weighted by molar-refractivity contribution is 0.414. The summed E-state index contributed by atoms with van der Waals surface area (Å²) in [7, 11) is 1.70. The molecular weight excluding hydrogens is 210 g/mol. The van der Waals surface area contributed by atoms with Crippen LogP contribution in [0, 0.1) is 0 Å². The molecule has 0 aliphatic heterocycles. The Morgan fingerprint density at radius 3 is 2.94 bits per heavy atom. The third kappa shape index (κ3) is 6.12. The first-order chi connectivity index (χ1) is 8.36. The Balaban J connectivity index is 2.11. The highest BCUT2D eigenvalue weighted by Gasteiger charge is 1.95. The summed E-state index contributed by atoms with van der Waals surface area (Å²) in [5, 5.41) is 3.45. The average molecular weight is 233 g/mol. The molecule has 0 saturated heterocycles. The molecule has 1 rings (SSSR count). The Morgan fingerprint density at radius 2 is 2.18 bits per heavy atom. The number of benzene rings is 1. The number of unbranched alkanes of at least 4 members (excludes halogenated alkanes) is 3. The summed E-state index contributed by atoms with van der Waals surface area (Å²) in [5.41, 5.74) is 1.27. The fourth-order valence-electron chi connectivity index (χ4n) is 1.73. The van der Waals surface area contributed by atoms with Gasteiger partial charge in [0.1, 0.15) is 5.75 Å².